The van der Waals surface area contributed by atoms with Crippen LogP contribution in [0.5, 0.6) is 0 Å². The molecule has 1 aliphatic carbocycles. The van der Waals surface area contributed by atoms with Gasteiger partial charge < -0.3 is 5.32 Å². The minimum absolute atomic E-state index is 0.0868. The summed E-state index contributed by atoms with van der Waals surface area (Å²) in [5, 5.41) is 3.69. The maximum Gasteiger partial charge on any atom is 0.126 e. The van der Waals surface area contributed by atoms with Gasteiger partial charge in [-0.15, -0.1) is 0 Å². The molecule has 2 atom stereocenters. The summed E-state index contributed by atoms with van der Waals surface area (Å²) in [6.45, 7) is 6.20. The molecular weight excluding hydrogens is 239 g/mol. The van der Waals surface area contributed by atoms with Crippen LogP contribution < -0.4 is 5.32 Å². The first-order chi connectivity index (χ1) is 9.13. The molecule has 1 aromatic rings. The molecule has 0 bridgehead atoms. The molecule has 0 aromatic heterocycles. The zero-order valence-electron chi connectivity index (χ0n) is 11.8. The van der Waals surface area contributed by atoms with Gasteiger partial charge in [0.25, 0.3) is 0 Å². The molecule has 1 aliphatic heterocycles. The molecular formula is C16H23FN2. The third-order valence-electron chi connectivity index (χ3n) is 4.49. The van der Waals surface area contributed by atoms with Gasteiger partial charge in [-0.25, -0.2) is 4.39 Å². The lowest BCUT2D eigenvalue weighted by molar-refractivity contribution is 0.255. The van der Waals surface area contributed by atoms with Crippen LogP contribution in [0.4, 0.5) is 4.39 Å². The second-order valence-electron chi connectivity index (χ2n) is 6.11. The number of likely N-dealkylation sites (tertiary alicyclic amines) is 1. The van der Waals surface area contributed by atoms with Gasteiger partial charge in [-0.3, -0.25) is 4.90 Å². The maximum absolute atomic E-state index is 13.7. The van der Waals surface area contributed by atoms with Crippen molar-refractivity contribution in [1.82, 2.24) is 10.2 Å². The van der Waals surface area contributed by atoms with E-state index in [4.69, 9.17) is 0 Å². The highest BCUT2D eigenvalue weighted by Gasteiger charge is 2.31. The molecule has 0 spiro atoms. The molecule has 1 saturated carbocycles. The Labute approximate surface area is 115 Å². The van der Waals surface area contributed by atoms with Gasteiger partial charge in [0.1, 0.15) is 5.82 Å². The van der Waals surface area contributed by atoms with E-state index in [-0.39, 0.29) is 5.82 Å². The molecule has 1 saturated heterocycles. The molecule has 2 fully saturated rings. The minimum Gasteiger partial charge on any atom is -0.310 e. The summed E-state index contributed by atoms with van der Waals surface area (Å²) in [7, 11) is 0. The normalized spacial score (nSPS) is 25.7. The zero-order chi connectivity index (χ0) is 13.4. The van der Waals surface area contributed by atoms with Crippen LogP contribution in [0.2, 0.25) is 0 Å². The van der Waals surface area contributed by atoms with Crippen molar-refractivity contribution in [2.45, 2.75) is 51.2 Å². The summed E-state index contributed by atoms with van der Waals surface area (Å²) in [6, 6.07) is 7.35. The predicted octanol–water partition coefficient (Wildman–Crippen LogP) is 3.02. The van der Waals surface area contributed by atoms with E-state index in [0.29, 0.717) is 12.1 Å². The van der Waals surface area contributed by atoms with Crippen molar-refractivity contribution in [3.05, 3.63) is 35.1 Å². The lowest BCUT2D eigenvalue weighted by Crippen LogP contribution is -2.34. The average molecular weight is 262 g/mol. The molecule has 1 aromatic carbocycles. The number of nitrogens with one attached hydrogen (secondary N) is 1. The van der Waals surface area contributed by atoms with E-state index in [1.165, 1.54) is 19.3 Å². The molecule has 3 rings (SSSR count). The predicted molar refractivity (Wildman–Crippen MR) is 75.7 cm³/mol. The van der Waals surface area contributed by atoms with E-state index in [9.17, 15) is 4.39 Å². The van der Waals surface area contributed by atoms with E-state index in [2.05, 4.69) is 23.2 Å². The monoisotopic (exact) mass is 262 g/mol. The van der Waals surface area contributed by atoms with Gasteiger partial charge in [0.05, 0.1) is 0 Å². The minimum atomic E-state index is -0.0868. The van der Waals surface area contributed by atoms with Crippen molar-refractivity contribution in [3.8, 4) is 0 Å². The maximum atomic E-state index is 13.7. The molecule has 0 radical (unpaired) electrons. The molecule has 1 heterocycles. The number of halogens is 1. The van der Waals surface area contributed by atoms with Crippen molar-refractivity contribution in [3.63, 3.8) is 0 Å². The second-order valence-corrected chi connectivity index (χ2v) is 6.11. The number of rotatable bonds is 4. The summed E-state index contributed by atoms with van der Waals surface area (Å²) in [5.41, 5.74) is 1.82. The third-order valence-corrected chi connectivity index (χ3v) is 4.49. The fraction of sp³-hybridized carbons (Fsp3) is 0.625. The molecule has 2 nitrogen and oxygen atoms in total. The van der Waals surface area contributed by atoms with E-state index in [1.54, 1.807) is 6.07 Å². The van der Waals surface area contributed by atoms with Crippen LogP contribution >= 0.6 is 0 Å². The van der Waals surface area contributed by atoms with Crippen molar-refractivity contribution in [2.75, 3.05) is 13.1 Å². The Morgan fingerprint density at radius 3 is 2.74 bits per heavy atom. The molecule has 1 N–H and O–H groups in total. The van der Waals surface area contributed by atoms with Gasteiger partial charge in [0, 0.05) is 31.2 Å². The van der Waals surface area contributed by atoms with Crippen LogP contribution in [-0.2, 0) is 0 Å². The Morgan fingerprint density at radius 2 is 2.05 bits per heavy atom. The van der Waals surface area contributed by atoms with E-state index < -0.39 is 0 Å². The second kappa shape index (κ2) is 5.22. The van der Waals surface area contributed by atoms with Crippen molar-refractivity contribution in [1.29, 1.82) is 0 Å². The molecule has 0 amide bonds. The van der Waals surface area contributed by atoms with E-state index in [0.717, 1.165) is 30.3 Å². The highest BCUT2D eigenvalue weighted by Crippen LogP contribution is 2.28. The van der Waals surface area contributed by atoms with Gasteiger partial charge >= 0.3 is 0 Å². The quantitative estimate of drug-likeness (QED) is 0.897. The molecule has 2 unspecified atom stereocenters. The smallest absolute Gasteiger partial charge is 0.126 e. The van der Waals surface area contributed by atoms with Gasteiger partial charge in [-0.05, 0) is 50.3 Å². The standard InChI is InChI=1S/C16H23FN2/c1-11-3-4-13(9-16(11)17)12(2)19-8-7-15(10-19)18-14-5-6-14/h3-4,9,12,14-15,18H,5-8,10H2,1-2H3. The first kappa shape index (κ1) is 13.1. The van der Waals surface area contributed by atoms with Crippen molar-refractivity contribution in [2.24, 2.45) is 0 Å². The number of aryl methyl sites for hydroxylation is 1. The Hall–Kier alpha value is -0.930. The first-order valence-electron chi connectivity index (χ1n) is 7.39. The summed E-state index contributed by atoms with van der Waals surface area (Å²) in [4.78, 5) is 2.46. The highest BCUT2D eigenvalue weighted by molar-refractivity contribution is 5.25. The fourth-order valence-corrected chi connectivity index (χ4v) is 2.94. The van der Waals surface area contributed by atoms with Crippen LogP contribution in [0.15, 0.2) is 18.2 Å². The van der Waals surface area contributed by atoms with E-state index >= 15 is 0 Å². The van der Waals surface area contributed by atoms with Crippen LogP contribution in [0, 0.1) is 12.7 Å². The van der Waals surface area contributed by atoms with Crippen molar-refractivity contribution < 1.29 is 4.39 Å². The average Bonchev–Trinajstić information content (AvgIpc) is 3.08. The Morgan fingerprint density at radius 1 is 1.26 bits per heavy atom. The first-order valence-corrected chi connectivity index (χ1v) is 7.39. The summed E-state index contributed by atoms with van der Waals surface area (Å²) in [6.07, 6.45) is 3.90. The number of nitrogens with zero attached hydrogens (tertiary/aromatic N) is 1. The highest BCUT2D eigenvalue weighted by atomic mass is 19.1. The number of hydrogen-bond donors (Lipinski definition) is 1. The molecule has 2 aliphatic rings. The summed E-state index contributed by atoms with van der Waals surface area (Å²) in [5.74, 6) is -0.0868. The van der Waals surface area contributed by atoms with Gasteiger partial charge in [-0.1, -0.05) is 12.1 Å². The fourth-order valence-electron chi connectivity index (χ4n) is 2.94. The lowest BCUT2D eigenvalue weighted by atomic mass is 10.1. The molecule has 19 heavy (non-hydrogen) atoms. The Balaban J connectivity index is 1.63. The Bertz CT molecular complexity index is 456. The third kappa shape index (κ3) is 2.98. The SMILES string of the molecule is Cc1ccc(C(C)N2CCC(NC3CC3)C2)cc1F. The van der Waals surface area contributed by atoms with Gasteiger partial charge in [-0.2, -0.15) is 0 Å². The number of benzene rings is 1. The van der Waals surface area contributed by atoms with Gasteiger partial charge in [0.2, 0.25) is 0 Å². The van der Waals surface area contributed by atoms with E-state index in [1.807, 2.05) is 13.0 Å². The number of hydrogen-bond acceptors (Lipinski definition) is 2. The van der Waals surface area contributed by atoms with Crippen LogP contribution in [0.1, 0.15) is 43.4 Å². The lowest BCUT2D eigenvalue weighted by Gasteiger charge is -2.25. The summed E-state index contributed by atoms with van der Waals surface area (Å²) < 4.78 is 13.7. The summed E-state index contributed by atoms with van der Waals surface area (Å²) >= 11 is 0. The van der Waals surface area contributed by atoms with Crippen LogP contribution in [-0.4, -0.2) is 30.1 Å². The Kier molecular flexibility index (Phi) is 3.59. The largest absolute Gasteiger partial charge is 0.310 e. The molecule has 3 heteroatoms. The van der Waals surface area contributed by atoms with Gasteiger partial charge in [0.15, 0.2) is 0 Å². The van der Waals surface area contributed by atoms with Crippen LogP contribution in [0.3, 0.4) is 0 Å². The topological polar surface area (TPSA) is 15.3 Å². The molecule has 104 valence electrons. The van der Waals surface area contributed by atoms with Crippen molar-refractivity contribution >= 4 is 0 Å². The van der Waals surface area contributed by atoms with Crippen LogP contribution in [0.25, 0.3) is 0 Å². The zero-order valence-corrected chi connectivity index (χ0v) is 11.8.